The van der Waals surface area contributed by atoms with Crippen LogP contribution in [-0.4, -0.2) is 44.8 Å². The number of carboxylic acids is 1. The van der Waals surface area contributed by atoms with Crippen molar-refractivity contribution in [2.24, 2.45) is 0 Å². The summed E-state index contributed by atoms with van der Waals surface area (Å²) in [7, 11) is -2.70. The van der Waals surface area contributed by atoms with Gasteiger partial charge in [-0.15, -0.1) is 11.3 Å². The second kappa shape index (κ2) is 7.84. The molecule has 0 radical (unpaired) electrons. The van der Waals surface area contributed by atoms with Crippen molar-refractivity contribution in [3.05, 3.63) is 47.3 Å². The van der Waals surface area contributed by atoms with E-state index in [4.69, 9.17) is 19.3 Å². The minimum atomic E-state index is -4.02. The van der Waals surface area contributed by atoms with Crippen LogP contribution in [0.15, 0.2) is 46.8 Å². The lowest BCUT2D eigenvalue weighted by atomic mass is 10.2. The number of nitrogens with one attached hydrogen (secondary N) is 1. The van der Waals surface area contributed by atoms with E-state index in [2.05, 4.69) is 9.71 Å². The second-order valence-corrected chi connectivity index (χ2v) is 8.66. The van der Waals surface area contributed by atoms with E-state index < -0.39 is 16.0 Å². The number of benzene rings is 2. The number of aromatic nitrogens is 1. The van der Waals surface area contributed by atoms with Gasteiger partial charge in [0.05, 0.1) is 18.4 Å². The van der Waals surface area contributed by atoms with Gasteiger partial charge in [0.1, 0.15) is 24.0 Å². The number of nitrogens with zero attached hydrogens (tertiary/aromatic N) is 1. The zero-order valence-electron chi connectivity index (χ0n) is 15.6. The molecule has 2 N–H and O–H groups in total. The zero-order chi connectivity index (χ0) is 21.3. The lowest BCUT2D eigenvalue weighted by Crippen LogP contribution is -2.15. The van der Waals surface area contributed by atoms with Crippen LogP contribution >= 0.6 is 11.3 Å². The second-order valence-electron chi connectivity index (χ2n) is 6.18. The summed E-state index contributed by atoms with van der Waals surface area (Å²) in [6.45, 7) is 0.926. The molecule has 2 heterocycles. The molecule has 156 valence electrons. The van der Waals surface area contributed by atoms with Gasteiger partial charge in [-0.1, -0.05) is 0 Å². The molecule has 11 heteroatoms. The molecule has 9 nitrogen and oxygen atoms in total. The quantitative estimate of drug-likeness (QED) is 0.590. The van der Waals surface area contributed by atoms with Crippen LogP contribution in [0.25, 0.3) is 10.6 Å². The summed E-state index contributed by atoms with van der Waals surface area (Å²) >= 11 is 1.17. The van der Waals surface area contributed by atoms with Crippen molar-refractivity contribution in [3.63, 3.8) is 0 Å². The van der Waals surface area contributed by atoms with Crippen molar-refractivity contribution >= 4 is 33.0 Å². The van der Waals surface area contributed by atoms with Gasteiger partial charge >= 0.3 is 5.97 Å². The fourth-order valence-corrected chi connectivity index (χ4v) is 4.96. The summed E-state index contributed by atoms with van der Waals surface area (Å²) in [4.78, 5) is 15.3. The largest absolute Gasteiger partial charge is 0.495 e. The lowest BCUT2D eigenvalue weighted by molar-refractivity contribution is 0.0696. The Kier molecular flexibility index (Phi) is 5.22. The van der Waals surface area contributed by atoms with E-state index >= 15 is 0 Å². The molecular weight excluding hydrogens is 432 g/mol. The Morgan fingerprint density at radius 2 is 1.93 bits per heavy atom. The molecule has 0 aliphatic carbocycles. The van der Waals surface area contributed by atoms with Crippen LogP contribution < -0.4 is 18.9 Å². The molecule has 0 saturated heterocycles. The van der Waals surface area contributed by atoms with E-state index in [1.165, 1.54) is 42.0 Å². The molecule has 4 rings (SSSR count). The van der Waals surface area contributed by atoms with E-state index in [1.54, 1.807) is 18.2 Å². The maximum Gasteiger partial charge on any atom is 0.335 e. The molecular formula is C19H16N2O7S2. The number of sulfonamides is 1. The fraction of sp³-hybridized carbons (Fsp3) is 0.158. The third kappa shape index (κ3) is 3.89. The molecule has 3 aromatic rings. The van der Waals surface area contributed by atoms with Gasteiger partial charge in [-0.2, -0.15) is 8.42 Å². The molecule has 0 saturated carbocycles. The van der Waals surface area contributed by atoms with E-state index in [9.17, 15) is 13.2 Å². The average molecular weight is 448 g/mol. The number of carboxylic acid groups (broad SMARTS) is 1. The molecule has 0 amide bonds. The minimum absolute atomic E-state index is 0.0237. The summed E-state index contributed by atoms with van der Waals surface area (Å²) in [5.41, 5.74) is 0.787. The molecule has 0 fully saturated rings. The molecule has 2 aromatic carbocycles. The first kappa shape index (κ1) is 20.0. The number of ether oxygens (including phenoxy) is 3. The Balaban J connectivity index is 1.61. The SMILES string of the molecule is COc1cc(C(=O)O)ccc1NS(=O)(=O)c1csc(-c2ccc3c(c2)OCCO3)n1. The predicted octanol–water partition coefficient (Wildman–Crippen LogP) is 3.09. The summed E-state index contributed by atoms with van der Waals surface area (Å²) in [6, 6.07) is 9.14. The molecule has 1 aliphatic heterocycles. The maximum atomic E-state index is 12.8. The summed E-state index contributed by atoms with van der Waals surface area (Å²) in [5.74, 6) is 0.153. The minimum Gasteiger partial charge on any atom is -0.495 e. The summed E-state index contributed by atoms with van der Waals surface area (Å²) in [5, 5.41) is 10.8. The smallest absolute Gasteiger partial charge is 0.335 e. The van der Waals surface area contributed by atoms with Crippen molar-refractivity contribution in [3.8, 4) is 27.8 Å². The average Bonchev–Trinajstić information content (AvgIpc) is 3.24. The van der Waals surface area contributed by atoms with Gasteiger partial charge in [0.2, 0.25) is 0 Å². The highest BCUT2D eigenvalue weighted by molar-refractivity contribution is 7.92. The topological polar surface area (TPSA) is 124 Å². The van der Waals surface area contributed by atoms with Gasteiger partial charge in [0, 0.05) is 10.9 Å². The highest BCUT2D eigenvalue weighted by Gasteiger charge is 2.22. The molecule has 1 aliphatic rings. The molecule has 0 atom stereocenters. The molecule has 0 unspecified atom stereocenters. The van der Waals surface area contributed by atoms with Gasteiger partial charge < -0.3 is 19.3 Å². The highest BCUT2D eigenvalue weighted by atomic mass is 32.2. The molecule has 0 spiro atoms. The molecule has 0 bridgehead atoms. The number of aromatic carboxylic acids is 1. The van der Waals surface area contributed by atoms with Crippen molar-refractivity contribution in [1.82, 2.24) is 4.98 Å². The van der Waals surface area contributed by atoms with Gasteiger partial charge in [0.25, 0.3) is 10.0 Å². The van der Waals surface area contributed by atoms with Crippen LogP contribution in [0.5, 0.6) is 17.2 Å². The Morgan fingerprint density at radius 1 is 1.17 bits per heavy atom. The number of hydrogen-bond acceptors (Lipinski definition) is 8. The Labute approximate surface area is 175 Å². The number of methoxy groups -OCH3 is 1. The number of thiazole rings is 1. The van der Waals surface area contributed by atoms with E-state index in [0.717, 1.165) is 0 Å². The number of carbonyl (C=O) groups is 1. The number of anilines is 1. The molecule has 30 heavy (non-hydrogen) atoms. The van der Waals surface area contributed by atoms with Crippen LogP contribution in [0.1, 0.15) is 10.4 Å². The van der Waals surface area contributed by atoms with Crippen LogP contribution in [0.4, 0.5) is 5.69 Å². The highest BCUT2D eigenvalue weighted by Crippen LogP contribution is 2.36. The molecule has 1 aromatic heterocycles. The van der Waals surface area contributed by atoms with Crippen LogP contribution in [0, 0.1) is 0 Å². The fourth-order valence-electron chi connectivity index (χ4n) is 2.80. The standard InChI is InChI=1S/C19H16N2O7S2/c1-26-15-9-12(19(22)23)2-4-13(15)21-30(24,25)17-10-29-18(20-17)11-3-5-14-16(8-11)28-7-6-27-14/h2-5,8-10,21H,6-7H2,1H3,(H,22,23). The Bertz CT molecular complexity index is 1220. The third-order valence-electron chi connectivity index (χ3n) is 4.24. The van der Waals surface area contributed by atoms with E-state index in [0.29, 0.717) is 35.3 Å². The van der Waals surface area contributed by atoms with Crippen LogP contribution in [0.3, 0.4) is 0 Å². The first-order valence-electron chi connectivity index (χ1n) is 8.67. The van der Waals surface area contributed by atoms with E-state index in [1.807, 2.05) is 0 Å². The van der Waals surface area contributed by atoms with Gasteiger partial charge in [0.15, 0.2) is 16.5 Å². The Morgan fingerprint density at radius 3 is 2.67 bits per heavy atom. The summed E-state index contributed by atoms with van der Waals surface area (Å²) < 4.78 is 44.1. The lowest BCUT2D eigenvalue weighted by Gasteiger charge is -2.18. The van der Waals surface area contributed by atoms with Gasteiger partial charge in [-0.25, -0.2) is 9.78 Å². The maximum absolute atomic E-state index is 12.8. The van der Waals surface area contributed by atoms with Crippen LogP contribution in [-0.2, 0) is 10.0 Å². The summed E-state index contributed by atoms with van der Waals surface area (Å²) in [6.07, 6.45) is 0. The number of rotatable bonds is 6. The van der Waals surface area contributed by atoms with Crippen LogP contribution in [0.2, 0.25) is 0 Å². The van der Waals surface area contributed by atoms with Crippen molar-refractivity contribution in [1.29, 1.82) is 0 Å². The monoisotopic (exact) mass is 448 g/mol. The Hall–Kier alpha value is -3.31. The van der Waals surface area contributed by atoms with Crippen molar-refractivity contribution < 1.29 is 32.5 Å². The number of fused-ring (bicyclic) bond motifs is 1. The first-order chi connectivity index (χ1) is 14.4. The number of hydrogen-bond donors (Lipinski definition) is 2. The first-order valence-corrected chi connectivity index (χ1v) is 11.0. The normalized spacial score (nSPS) is 13.0. The van der Waals surface area contributed by atoms with Gasteiger partial charge in [-0.3, -0.25) is 4.72 Å². The third-order valence-corrected chi connectivity index (χ3v) is 6.53. The zero-order valence-corrected chi connectivity index (χ0v) is 17.2. The van der Waals surface area contributed by atoms with Crippen molar-refractivity contribution in [2.45, 2.75) is 5.03 Å². The van der Waals surface area contributed by atoms with Gasteiger partial charge in [-0.05, 0) is 36.4 Å². The van der Waals surface area contributed by atoms with E-state index in [-0.39, 0.29) is 22.0 Å². The predicted molar refractivity (Wildman–Crippen MR) is 109 cm³/mol. The van der Waals surface area contributed by atoms with Crippen molar-refractivity contribution in [2.75, 3.05) is 25.0 Å².